The van der Waals surface area contributed by atoms with E-state index in [9.17, 15) is 4.79 Å². The molecular weight excluding hydrogens is 272 g/mol. The molecule has 0 heterocycles. The van der Waals surface area contributed by atoms with Crippen molar-refractivity contribution in [1.82, 2.24) is 0 Å². The molecule has 0 saturated heterocycles. The molecule has 2 nitrogen and oxygen atoms in total. The fourth-order valence-electron chi connectivity index (χ4n) is 3.14. The molecule has 122 valence electrons. The SMILES string of the molecule is CC.O=C(O)C[C@H]1CCCC1/C=C/CCCc1ccccc1. The van der Waals surface area contributed by atoms with Crippen molar-refractivity contribution in [2.24, 2.45) is 11.8 Å². The zero-order valence-corrected chi connectivity index (χ0v) is 14.0. The van der Waals surface area contributed by atoms with E-state index in [1.54, 1.807) is 0 Å². The highest BCUT2D eigenvalue weighted by Crippen LogP contribution is 2.35. The van der Waals surface area contributed by atoms with Crippen LogP contribution in [0.4, 0.5) is 0 Å². The summed E-state index contributed by atoms with van der Waals surface area (Å²) < 4.78 is 0. The minimum Gasteiger partial charge on any atom is -0.481 e. The second-order valence-corrected chi connectivity index (χ2v) is 5.76. The van der Waals surface area contributed by atoms with Gasteiger partial charge < -0.3 is 5.11 Å². The first-order valence-corrected chi connectivity index (χ1v) is 8.68. The normalized spacial score (nSPS) is 20.6. The average Bonchev–Trinajstić information content (AvgIpc) is 2.96. The maximum Gasteiger partial charge on any atom is 0.303 e. The molecule has 2 rings (SSSR count). The maximum atomic E-state index is 10.8. The van der Waals surface area contributed by atoms with Gasteiger partial charge in [0, 0.05) is 6.42 Å². The Morgan fingerprint density at radius 3 is 2.64 bits per heavy atom. The van der Waals surface area contributed by atoms with Gasteiger partial charge in [0.25, 0.3) is 0 Å². The molecule has 0 aliphatic heterocycles. The number of aliphatic carboxylic acids is 1. The number of carboxylic acids is 1. The number of hydrogen-bond acceptors (Lipinski definition) is 1. The molecule has 1 N–H and O–H groups in total. The van der Waals surface area contributed by atoms with Gasteiger partial charge >= 0.3 is 5.97 Å². The first kappa shape index (κ1) is 18.5. The lowest BCUT2D eigenvalue weighted by molar-refractivity contribution is -0.138. The van der Waals surface area contributed by atoms with Gasteiger partial charge in [0.05, 0.1) is 0 Å². The molecule has 1 fully saturated rings. The molecule has 1 aromatic carbocycles. The van der Waals surface area contributed by atoms with Crippen molar-refractivity contribution in [1.29, 1.82) is 0 Å². The monoisotopic (exact) mass is 302 g/mol. The fraction of sp³-hybridized carbons (Fsp3) is 0.550. The summed E-state index contributed by atoms with van der Waals surface area (Å²) in [6.07, 6.45) is 11.6. The molecule has 2 atom stereocenters. The summed E-state index contributed by atoms with van der Waals surface area (Å²) in [4.78, 5) is 10.8. The van der Waals surface area contributed by atoms with E-state index in [1.807, 2.05) is 19.9 Å². The van der Waals surface area contributed by atoms with Gasteiger partial charge in [0.15, 0.2) is 0 Å². The Balaban J connectivity index is 0.00000116. The zero-order valence-electron chi connectivity index (χ0n) is 14.0. The van der Waals surface area contributed by atoms with Crippen molar-refractivity contribution in [3.8, 4) is 0 Å². The fourth-order valence-corrected chi connectivity index (χ4v) is 3.14. The largest absolute Gasteiger partial charge is 0.481 e. The van der Waals surface area contributed by atoms with Crippen LogP contribution in [0, 0.1) is 11.8 Å². The number of carbonyl (C=O) groups is 1. The highest BCUT2D eigenvalue weighted by molar-refractivity contribution is 5.67. The molecule has 1 aromatic rings. The predicted octanol–water partition coefficient (Wildman–Crippen LogP) is 5.48. The second kappa shape index (κ2) is 11.1. The Labute approximate surface area is 135 Å². The number of benzene rings is 1. The van der Waals surface area contributed by atoms with E-state index in [4.69, 9.17) is 5.11 Å². The van der Waals surface area contributed by atoms with Gasteiger partial charge in [-0.2, -0.15) is 0 Å². The molecule has 1 aliphatic carbocycles. The van der Waals surface area contributed by atoms with Crippen LogP contribution in [-0.2, 0) is 11.2 Å². The third-order valence-electron chi connectivity index (χ3n) is 4.22. The van der Waals surface area contributed by atoms with Crippen LogP contribution in [0.3, 0.4) is 0 Å². The summed E-state index contributed by atoms with van der Waals surface area (Å²) in [6, 6.07) is 10.6. The third kappa shape index (κ3) is 6.93. The van der Waals surface area contributed by atoms with Gasteiger partial charge in [0.2, 0.25) is 0 Å². The minimum atomic E-state index is -0.653. The Kier molecular flexibility index (Phi) is 9.29. The van der Waals surface area contributed by atoms with Crippen LogP contribution in [0.15, 0.2) is 42.5 Å². The van der Waals surface area contributed by atoms with Crippen molar-refractivity contribution in [2.75, 3.05) is 0 Å². The van der Waals surface area contributed by atoms with Gasteiger partial charge in [-0.25, -0.2) is 0 Å². The van der Waals surface area contributed by atoms with E-state index in [2.05, 4.69) is 36.4 Å². The molecule has 0 amide bonds. The smallest absolute Gasteiger partial charge is 0.303 e. The van der Waals surface area contributed by atoms with E-state index in [0.717, 1.165) is 32.1 Å². The van der Waals surface area contributed by atoms with Crippen LogP contribution in [0.2, 0.25) is 0 Å². The molecule has 0 spiro atoms. The standard InChI is InChI=1S/C18H24O2.C2H6/c19-18(20)14-17-13-7-12-16(17)11-6-2-5-10-15-8-3-1-4-9-15;1-2/h1,3-4,6,8-9,11,16-17H,2,5,7,10,12-14H2,(H,19,20);1-2H3/b11-6+;/t16?,17-;/m1./s1. The number of hydrogen-bond donors (Lipinski definition) is 1. The quantitative estimate of drug-likeness (QED) is 0.534. The first-order chi connectivity index (χ1) is 10.8. The molecule has 2 heteroatoms. The molecule has 0 radical (unpaired) electrons. The number of rotatable bonds is 7. The molecular formula is C20H30O2. The van der Waals surface area contributed by atoms with Crippen LogP contribution in [0.5, 0.6) is 0 Å². The van der Waals surface area contributed by atoms with E-state index in [0.29, 0.717) is 18.3 Å². The van der Waals surface area contributed by atoms with Crippen molar-refractivity contribution in [3.05, 3.63) is 48.0 Å². The number of carboxylic acid groups (broad SMARTS) is 1. The lowest BCUT2D eigenvalue weighted by atomic mass is 9.92. The third-order valence-corrected chi connectivity index (χ3v) is 4.22. The number of aryl methyl sites for hydroxylation is 1. The molecule has 1 unspecified atom stereocenters. The van der Waals surface area contributed by atoms with Crippen molar-refractivity contribution in [2.45, 2.75) is 58.8 Å². The van der Waals surface area contributed by atoms with Crippen LogP contribution in [0.1, 0.15) is 57.9 Å². The highest BCUT2D eigenvalue weighted by atomic mass is 16.4. The van der Waals surface area contributed by atoms with Crippen molar-refractivity contribution < 1.29 is 9.90 Å². The Morgan fingerprint density at radius 1 is 1.23 bits per heavy atom. The van der Waals surface area contributed by atoms with E-state index in [1.165, 1.54) is 12.0 Å². The molecule has 22 heavy (non-hydrogen) atoms. The molecule has 0 bridgehead atoms. The molecule has 0 aromatic heterocycles. The van der Waals surface area contributed by atoms with Gasteiger partial charge in [0.1, 0.15) is 0 Å². The summed E-state index contributed by atoms with van der Waals surface area (Å²) in [5, 5.41) is 8.90. The second-order valence-electron chi connectivity index (χ2n) is 5.76. The summed E-state index contributed by atoms with van der Waals surface area (Å²) in [5.41, 5.74) is 1.39. The summed E-state index contributed by atoms with van der Waals surface area (Å²) in [6.45, 7) is 4.00. The lowest BCUT2D eigenvalue weighted by Crippen LogP contribution is -2.10. The zero-order chi connectivity index (χ0) is 16.2. The van der Waals surface area contributed by atoms with E-state index >= 15 is 0 Å². The Hall–Kier alpha value is -1.57. The average molecular weight is 302 g/mol. The number of allylic oxidation sites excluding steroid dienone is 2. The molecule has 1 saturated carbocycles. The highest BCUT2D eigenvalue weighted by Gasteiger charge is 2.26. The summed E-state index contributed by atoms with van der Waals surface area (Å²) in [5.74, 6) is 0.195. The first-order valence-electron chi connectivity index (χ1n) is 8.68. The maximum absolute atomic E-state index is 10.8. The van der Waals surface area contributed by atoms with Crippen LogP contribution >= 0.6 is 0 Å². The summed E-state index contributed by atoms with van der Waals surface area (Å²) in [7, 11) is 0. The van der Waals surface area contributed by atoms with Gasteiger partial charge in [-0.3, -0.25) is 4.79 Å². The van der Waals surface area contributed by atoms with Crippen molar-refractivity contribution >= 4 is 5.97 Å². The van der Waals surface area contributed by atoms with Crippen LogP contribution in [0.25, 0.3) is 0 Å². The van der Waals surface area contributed by atoms with Crippen LogP contribution in [-0.4, -0.2) is 11.1 Å². The molecule has 1 aliphatic rings. The lowest BCUT2D eigenvalue weighted by Gasteiger charge is -2.13. The van der Waals surface area contributed by atoms with E-state index in [-0.39, 0.29) is 0 Å². The topological polar surface area (TPSA) is 37.3 Å². The Bertz CT molecular complexity index is 436. The minimum absolute atomic E-state index is 0.332. The predicted molar refractivity (Wildman–Crippen MR) is 93.0 cm³/mol. The Morgan fingerprint density at radius 2 is 1.95 bits per heavy atom. The summed E-state index contributed by atoms with van der Waals surface area (Å²) >= 11 is 0. The number of unbranched alkanes of at least 4 members (excludes halogenated alkanes) is 1. The van der Waals surface area contributed by atoms with Gasteiger partial charge in [-0.1, -0.05) is 62.8 Å². The van der Waals surface area contributed by atoms with Gasteiger partial charge in [-0.05, 0) is 49.5 Å². The van der Waals surface area contributed by atoms with Crippen molar-refractivity contribution in [3.63, 3.8) is 0 Å². The van der Waals surface area contributed by atoms with Gasteiger partial charge in [-0.15, -0.1) is 0 Å². The van der Waals surface area contributed by atoms with Crippen LogP contribution < -0.4 is 0 Å². The van der Waals surface area contributed by atoms with E-state index < -0.39 is 5.97 Å².